The number of hydrogen-bond acceptors (Lipinski definition) is 2. The van der Waals surface area contributed by atoms with Gasteiger partial charge in [0.15, 0.2) is 0 Å². The molecule has 0 heterocycles. The number of carbonyl (C=O) groups excluding carboxylic acids is 1. The number of allylic oxidation sites excluding steroid dienone is 1. The van der Waals surface area contributed by atoms with E-state index in [0.717, 1.165) is 16.0 Å². The third kappa shape index (κ3) is 7.27. The molecular weight excluding hydrogens is 410 g/mol. The van der Waals surface area contributed by atoms with Crippen LogP contribution in [-0.4, -0.2) is 16.4 Å². The van der Waals surface area contributed by atoms with Gasteiger partial charge in [0, 0.05) is 22.5 Å². The molecule has 29 heavy (non-hydrogen) atoms. The first-order chi connectivity index (χ1) is 13.7. The van der Waals surface area contributed by atoms with Gasteiger partial charge in [-0.25, -0.2) is 0 Å². The van der Waals surface area contributed by atoms with Crippen LogP contribution in [0.25, 0.3) is 0 Å². The molecule has 0 bridgehead atoms. The summed E-state index contributed by atoms with van der Waals surface area (Å²) in [7, 11) is 0. The second-order valence-electron chi connectivity index (χ2n) is 7.29. The summed E-state index contributed by atoms with van der Waals surface area (Å²) in [5.41, 5.74) is 1.92. The van der Waals surface area contributed by atoms with E-state index in [1.54, 1.807) is 13.0 Å². The van der Waals surface area contributed by atoms with E-state index in [2.05, 4.69) is 6.58 Å². The monoisotopic (exact) mass is 436 g/mol. The normalized spacial score (nSPS) is 14.8. The minimum Gasteiger partial charge on any atom is -0.299 e. The minimum absolute atomic E-state index is 0.227. The zero-order valence-corrected chi connectivity index (χ0v) is 18.4. The van der Waals surface area contributed by atoms with Crippen LogP contribution in [0.2, 0.25) is 0 Å². The molecule has 0 aliphatic rings. The van der Waals surface area contributed by atoms with Crippen LogP contribution in [0.5, 0.6) is 0 Å². The largest absolute Gasteiger partial charge is 0.325 e. The van der Waals surface area contributed by atoms with E-state index in [1.165, 1.54) is 11.8 Å². The van der Waals surface area contributed by atoms with Gasteiger partial charge in [-0.1, -0.05) is 61.0 Å². The summed E-state index contributed by atoms with van der Waals surface area (Å²) < 4.78 is 28.9. The van der Waals surface area contributed by atoms with E-state index < -0.39 is 22.5 Å². The van der Waals surface area contributed by atoms with Gasteiger partial charge in [-0.3, -0.25) is 4.79 Å². The molecular formula is C24H27ClF2OS. The highest BCUT2D eigenvalue weighted by atomic mass is 35.5. The van der Waals surface area contributed by atoms with Crippen LogP contribution in [0.4, 0.5) is 8.78 Å². The van der Waals surface area contributed by atoms with Crippen LogP contribution in [0.15, 0.2) is 72.1 Å². The van der Waals surface area contributed by atoms with Gasteiger partial charge in [0.05, 0.1) is 5.92 Å². The summed E-state index contributed by atoms with van der Waals surface area (Å²) in [5.74, 6) is -1.95. The third-order valence-electron chi connectivity index (χ3n) is 5.04. The molecule has 3 atom stereocenters. The number of thioether (sulfide) groups is 1. The fourth-order valence-electron chi connectivity index (χ4n) is 3.20. The van der Waals surface area contributed by atoms with E-state index in [4.69, 9.17) is 11.6 Å². The van der Waals surface area contributed by atoms with Crippen LogP contribution in [0.1, 0.15) is 43.2 Å². The van der Waals surface area contributed by atoms with Gasteiger partial charge >= 0.3 is 5.38 Å². The molecule has 0 N–H and O–H groups in total. The smallest absolute Gasteiger partial charge is 0.299 e. The van der Waals surface area contributed by atoms with Crippen molar-refractivity contribution in [1.29, 1.82) is 0 Å². The van der Waals surface area contributed by atoms with Crippen molar-refractivity contribution in [2.24, 2.45) is 5.92 Å². The average Bonchev–Trinajstić information content (AvgIpc) is 2.70. The number of rotatable bonds is 11. The van der Waals surface area contributed by atoms with Gasteiger partial charge in [0.1, 0.15) is 5.78 Å². The maximum absolute atomic E-state index is 14.4. The topological polar surface area (TPSA) is 17.1 Å². The lowest BCUT2D eigenvalue weighted by atomic mass is 9.88. The number of alkyl halides is 3. The quantitative estimate of drug-likeness (QED) is 0.204. The zero-order valence-electron chi connectivity index (χ0n) is 16.8. The number of ketones is 1. The fraction of sp³-hybridized carbons (Fsp3) is 0.375. The Hall–Kier alpha value is -1.65. The van der Waals surface area contributed by atoms with Crippen LogP contribution in [0.3, 0.4) is 0 Å². The summed E-state index contributed by atoms with van der Waals surface area (Å²) >= 11 is 6.89. The van der Waals surface area contributed by atoms with Crippen molar-refractivity contribution < 1.29 is 13.6 Å². The molecule has 0 amide bonds. The number of halogens is 3. The molecule has 2 aromatic rings. The van der Waals surface area contributed by atoms with Gasteiger partial charge in [0.2, 0.25) is 0 Å². The van der Waals surface area contributed by atoms with Crippen LogP contribution < -0.4 is 0 Å². The van der Waals surface area contributed by atoms with E-state index in [0.29, 0.717) is 12.8 Å². The van der Waals surface area contributed by atoms with Crippen LogP contribution in [0, 0.1) is 12.8 Å². The highest BCUT2D eigenvalue weighted by Crippen LogP contribution is 2.43. The minimum atomic E-state index is -3.48. The number of carbonyl (C=O) groups is 1. The molecule has 156 valence electrons. The lowest BCUT2D eigenvalue weighted by Crippen LogP contribution is -2.34. The Labute approximate surface area is 181 Å². The standard InChI is InChI=1S/C24H27ClF2OS/c1-4-5-11-23(29-20-14-12-17(2)13-15-20)21(24(25,26)27)16-22(28)18(3)19-9-7-6-8-10-19/h4,6-10,12-15,18,21,23H,1,5,11,16H2,2-3H3/t18-,21+,23-/m1/s1. The summed E-state index contributed by atoms with van der Waals surface area (Å²) in [6.07, 6.45) is 2.49. The molecule has 2 rings (SSSR count). The van der Waals surface area contributed by atoms with Gasteiger partial charge in [-0.2, -0.15) is 8.78 Å². The SMILES string of the molecule is C=CCC[C@@H](Sc1ccc(C)cc1)[C@H](CC(=O)[C@H](C)c1ccccc1)C(F)(F)Cl. The van der Waals surface area contributed by atoms with Gasteiger partial charge in [-0.15, -0.1) is 18.3 Å². The first kappa shape index (κ1) is 23.6. The Morgan fingerprint density at radius 3 is 2.34 bits per heavy atom. The Bertz CT molecular complexity index is 787. The molecule has 2 aromatic carbocycles. The number of aryl methyl sites for hydroxylation is 1. The van der Waals surface area contributed by atoms with Crippen molar-refractivity contribution >= 4 is 29.1 Å². The molecule has 0 saturated heterocycles. The van der Waals surface area contributed by atoms with Gasteiger partial charge in [-0.05, 0) is 49.1 Å². The van der Waals surface area contributed by atoms with Gasteiger partial charge in [0.25, 0.3) is 0 Å². The lowest BCUT2D eigenvalue weighted by molar-refractivity contribution is -0.123. The first-order valence-corrected chi connectivity index (χ1v) is 11.0. The van der Waals surface area contributed by atoms with Crippen LogP contribution in [-0.2, 0) is 4.79 Å². The Balaban J connectivity index is 2.24. The number of hydrogen-bond donors (Lipinski definition) is 0. The number of benzene rings is 2. The first-order valence-electron chi connectivity index (χ1n) is 9.71. The van der Waals surface area contributed by atoms with E-state index >= 15 is 0 Å². The molecule has 0 aliphatic carbocycles. The van der Waals surface area contributed by atoms with E-state index in [9.17, 15) is 13.6 Å². The Morgan fingerprint density at radius 1 is 1.17 bits per heavy atom. The lowest BCUT2D eigenvalue weighted by Gasteiger charge is -2.30. The second kappa shape index (κ2) is 10.9. The van der Waals surface area contributed by atoms with Crippen molar-refractivity contribution in [2.75, 3.05) is 0 Å². The van der Waals surface area contributed by atoms with Crippen molar-refractivity contribution in [1.82, 2.24) is 0 Å². The summed E-state index contributed by atoms with van der Waals surface area (Å²) in [6, 6.07) is 16.9. The highest BCUT2D eigenvalue weighted by molar-refractivity contribution is 8.00. The van der Waals surface area contributed by atoms with Crippen molar-refractivity contribution in [3.05, 3.63) is 78.4 Å². The predicted octanol–water partition coefficient (Wildman–Crippen LogP) is 7.63. The highest BCUT2D eigenvalue weighted by Gasteiger charge is 2.44. The number of Topliss-reactive ketones (excluding diaryl/α,β-unsaturated/α-hetero) is 1. The Morgan fingerprint density at radius 2 is 1.79 bits per heavy atom. The van der Waals surface area contributed by atoms with Gasteiger partial charge < -0.3 is 0 Å². The summed E-state index contributed by atoms with van der Waals surface area (Å²) in [6.45, 7) is 7.44. The van der Waals surface area contributed by atoms with Crippen molar-refractivity contribution in [3.63, 3.8) is 0 Å². The average molecular weight is 437 g/mol. The molecule has 1 nitrogen and oxygen atoms in total. The zero-order chi connectivity index (χ0) is 21.4. The maximum atomic E-state index is 14.4. The molecule has 0 aliphatic heterocycles. The molecule has 0 aromatic heterocycles. The van der Waals surface area contributed by atoms with E-state index in [-0.39, 0.29) is 12.2 Å². The third-order valence-corrected chi connectivity index (χ3v) is 6.73. The molecule has 0 unspecified atom stereocenters. The van der Waals surface area contributed by atoms with Crippen LogP contribution >= 0.6 is 23.4 Å². The molecule has 0 saturated carbocycles. The van der Waals surface area contributed by atoms with Crippen molar-refractivity contribution in [2.45, 2.75) is 54.6 Å². The molecule has 5 heteroatoms. The fourth-order valence-corrected chi connectivity index (χ4v) is 4.83. The second-order valence-corrected chi connectivity index (χ2v) is 9.10. The Kier molecular flexibility index (Phi) is 8.91. The molecule has 0 spiro atoms. The predicted molar refractivity (Wildman–Crippen MR) is 119 cm³/mol. The summed E-state index contributed by atoms with van der Waals surface area (Å²) in [5, 5.41) is -3.98. The maximum Gasteiger partial charge on any atom is 0.325 e. The molecule has 0 fully saturated rings. The summed E-state index contributed by atoms with van der Waals surface area (Å²) in [4.78, 5) is 13.7. The molecule has 0 radical (unpaired) electrons. The van der Waals surface area contributed by atoms with E-state index in [1.807, 2.05) is 61.5 Å². The van der Waals surface area contributed by atoms with Crippen molar-refractivity contribution in [3.8, 4) is 0 Å².